The van der Waals surface area contributed by atoms with Crippen LogP contribution >= 0.6 is 0 Å². The van der Waals surface area contributed by atoms with Gasteiger partial charge in [0.25, 0.3) is 5.56 Å². The Labute approximate surface area is 140 Å². The zero-order chi connectivity index (χ0) is 17.9. The van der Waals surface area contributed by atoms with E-state index in [0.29, 0.717) is 35.0 Å². The maximum absolute atomic E-state index is 12.0. The molecule has 130 valence electrons. The Balaban J connectivity index is 2.59. The van der Waals surface area contributed by atoms with Gasteiger partial charge in [0, 0.05) is 11.3 Å². The van der Waals surface area contributed by atoms with E-state index in [1.54, 1.807) is 19.9 Å². The number of benzene rings is 1. The summed E-state index contributed by atoms with van der Waals surface area (Å²) in [5.41, 5.74) is 1.32. The van der Waals surface area contributed by atoms with E-state index < -0.39 is 10.1 Å². The molecule has 0 bridgehead atoms. The van der Waals surface area contributed by atoms with E-state index >= 15 is 0 Å². The molecule has 0 fully saturated rings. The van der Waals surface area contributed by atoms with E-state index in [1.165, 1.54) is 12.1 Å². The second-order valence-electron chi connectivity index (χ2n) is 5.42. The van der Waals surface area contributed by atoms with Crippen molar-refractivity contribution in [2.24, 2.45) is 0 Å². The van der Waals surface area contributed by atoms with Crippen LogP contribution in [0, 0.1) is 13.8 Å². The van der Waals surface area contributed by atoms with Crippen LogP contribution in [0.5, 0.6) is 11.5 Å². The van der Waals surface area contributed by atoms with E-state index in [-0.39, 0.29) is 11.3 Å². The summed E-state index contributed by atoms with van der Waals surface area (Å²) in [6.07, 6.45) is 1.77. The minimum atomic E-state index is -3.66. The third kappa shape index (κ3) is 4.35. The normalized spacial score (nSPS) is 11.3. The van der Waals surface area contributed by atoms with Crippen molar-refractivity contribution in [3.63, 3.8) is 0 Å². The van der Waals surface area contributed by atoms with Crippen LogP contribution in [0.3, 0.4) is 0 Å². The number of hydrogen-bond donors (Lipinski definition) is 1. The number of rotatable bonds is 6. The summed E-state index contributed by atoms with van der Waals surface area (Å²) in [6, 6.07) is 4.58. The Bertz CT molecular complexity index is 903. The molecule has 24 heavy (non-hydrogen) atoms. The lowest BCUT2D eigenvalue weighted by atomic mass is 10.1. The number of H-pyrrole nitrogens is 1. The van der Waals surface area contributed by atoms with Crippen molar-refractivity contribution in [3.05, 3.63) is 39.8 Å². The molecule has 2 rings (SSSR count). The highest BCUT2D eigenvalue weighted by Crippen LogP contribution is 2.32. The van der Waals surface area contributed by atoms with Gasteiger partial charge >= 0.3 is 10.1 Å². The molecule has 0 unspecified atom stereocenters. The number of nitrogens with one attached hydrogen (secondary N) is 1. The second kappa shape index (κ2) is 7.04. The average molecular weight is 352 g/mol. The van der Waals surface area contributed by atoms with Crippen LogP contribution in [-0.4, -0.2) is 31.2 Å². The fraction of sp³-hybridized carbons (Fsp3) is 0.375. The Kier molecular flexibility index (Phi) is 5.28. The van der Waals surface area contributed by atoms with Crippen molar-refractivity contribution in [1.82, 2.24) is 9.97 Å². The maximum Gasteiger partial charge on any atom is 0.306 e. The third-order valence-corrected chi connectivity index (χ3v) is 3.81. The minimum absolute atomic E-state index is 0.122. The van der Waals surface area contributed by atoms with Gasteiger partial charge in [-0.3, -0.25) is 4.79 Å². The Morgan fingerprint density at radius 1 is 1.25 bits per heavy atom. The van der Waals surface area contributed by atoms with Crippen LogP contribution in [0.2, 0.25) is 0 Å². The highest BCUT2D eigenvalue weighted by molar-refractivity contribution is 7.86. The minimum Gasteiger partial charge on any atom is -0.493 e. The van der Waals surface area contributed by atoms with Crippen molar-refractivity contribution >= 4 is 10.1 Å². The van der Waals surface area contributed by atoms with Gasteiger partial charge in [0.1, 0.15) is 17.3 Å². The summed E-state index contributed by atoms with van der Waals surface area (Å²) in [6.45, 7) is 5.87. The van der Waals surface area contributed by atoms with Crippen molar-refractivity contribution in [2.45, 2.75) is 27.2 Å². The van der Waals surface area contributed by atoms with E-state index in [2.05, 4.69) is 9.97 Å². The predicted octanol–water partition coefficient (Wildman–Crippen LogP) is 2.18. The van der Waals surface area contributed by atoms with Gasteiger partial charge in [0.05, 0.1) is 18.4 Å². The molecule has 8 heteroatoms. The third-order valence-electron chi connectivity index (χ3n) is 3.31. The van der Waals surface area contributed by atoms with Gasteiger partial charge in [-0.25, -0.2) is 4.98 Å². The lowest BCUT2D eigenvalue weighted by Crippen LogP contribution is -2.15. The molecule has 0 atom stereocenters. The molecule has 1 aromatic heterocycles. The van der Waals surface area contributed by atoms with Gasteiger partial charge in [-0.2, -0.15) is 8.42 Å². The average Bonchev–Trinajstić information content (AvgIpc) is 2.49. The Hall–Kier alpha value is -2.35. The monoisotopic (exact) mass is 352 g/mol. The molecule has 0 aliphatic heterocycles. The number of nitrogens with zero attached hydrogens (tertiary/aromatic N) is 1. The van der Waals surface area contributed by atoms with E-state index in [4.69, 9.17) is 8.92 Å². The molecule has 0 aliphatic rings. The molecular weight excluding hydrogens is 332 g/mol. The molecule has 0 amide bonds. The first-order valence-electron chi connectivity index (χ1n) is 7.45. The van der Waals surface area contributed by atoms with Gasteiger partial charge in [0.15, 0.2) is 0 Å². The number of aromatic nitrogens is 2. The molecule has 2 aromatic rings. The zero-order valence-corrected chi connectivity index (χ0v) is 14.9. The molecule has 1 aromatic carbocycles. The van der Waals surface area contributed by atoms with Crippen LogP contribution in [-0.2, 0) is 10.1 Å². The molecule has 1 heterocycles. The number of ether oxygens (including phenoxy) is 1. The maximum atomic E-state index is 12.0. The highest BCUT2D eigenvalue weighted by Gasteiger charge is 2.15. The Morgan fingerprint density at radius 3 is 2.54 bits per heavy atom. The van der Waals surface area contributed by atoms with Crippen molar-refractivity contribution in [1.29, 1.82) is 0 Å². The molecule has 0 radical (unpaired) electrons. The summed E-state index contributed by atoms with van der Waals surface area (Å²) < 4.78 is 33.2. The molecule has 0 saturated heterocycles. The molecule has 0 saturated carbocycles. The van der Waals surface area contributed by atoms with Gasteiger partial charge in [-0.15, -0.1) is 0 Å². The summed E-state index contributed by atoms with van der Waals surface area (Å²) in [5, 5.41) is 0. The van der Waals surface area contributed by atoms with Gasteiger partial charge in [-0.1, -0.05) is 6.92 Å². The topological polar surface area (TPSA) is 98.3 Å². The highest BCUT2D eigenvalue weighted by atomic mass is 32.2. The molecule has 0 aliphatic carbocycles. The van der Waals surface area contributed by atoms with Crippen LogP contribution in [0.15, 0.2) is 23.0 Å². The second-order valence-corrected chi connectivity index (χ2v) is 6.99. The molecular formula is C16H20N2O5S. The van der Waals surface area contributed by atoms with Crippen molar-refractivity contribution < 1.29 is 17.3 Å². The van der Waals surface area contributed by atoms with Crippen LogP contribution in [0.4, 0.5) is 0 Å². The SMILES string of the molecule is CCCOc1ccc(OS(C)(=O)=O)cc1-c1nc(C)c(C)c(=O)[nH]1. The van der Waals surface area contributed by atoms with Gasteiger partial charge in [0.2, 0.25) is 0 Å². The van der Waals surface area contributed by atoms with Crippen LogP contribution in [0.25, 0.3) is 11.4 Å². The van der Waals surface area contributed by atoms with Crippen LogP contribution in [0.1, 0.15) is 24.6 Å². The van der Waals surface area contributed by atoms with E-state index in [0.717, 1.165) is 12.7 Å². The van der Waals surface area contributed by atoms with Crippen LogP contribution < -0.4 is 14.5 Å². The summed E-state index contributed by atoms with van der Waals surface area (Å²) >= 11 is 0. The zero-order valence-electron chi connectivity index (χ0n) is 14.0. The fourth-order valence-electron chi connectivity index (χ4n) is 2.03. The van der Waals surface area contributed by atoms with Crippen molar-refractivity contribution in [2.75, 3.05) is 12.9 Å². The molecule has 0 spiro atoms. The summed E-state index contributed by atoms with van der Waals surface area (Å²) in [7, 11) is -3.66. The first kappa shape index (κ1) is 18.0. The standard InChI is InChI=1S/C16H20N2O5S/c1-5-8-22-14-7-6-12(23-24(4,20)21)9-13(14)15-17-11(3)10(2)16(19)18-15/h6-7,9H,5,8H2,1-4H3,(H,17,18,19). The van der Waals surface area contributed by atoms with E-state index in [1.807, 2.05) is 6.92 Å². The lowest BCUT2D eigenvalue weighted by Gasteiger charge is -2.13. The first-order valence-corrected chi connectivity index (χ1v) is 9.27. The molecule has 1 N–H and O–H groups in total. The lowest BCUT2D eigenvalue weighted by molar-refractivity contribution is 0.318. The van der Waals surface area contributed by atoms with Crippen molar-refractivity contribution in [3.8, 4) is 22.9 Å². The van der Waals surface area contributed by atoms with Gasteiger partial charge < -0.3 is 13.9 Å². The first-order chi connectivity index (χ1) is 11.2. The Morgan fingerprint density at radius 2 is 1.96 bits per heavy atom. The van der Waals surface area contributed by atoms with E-state index in [9.17, 15) is 13.2 Å². The van der Waals surface area contributed by atoms with Gasteiger partial charge in [-0.05, 0) is 38.5 Å². The number of aryl methyl sites for hydroxylation is 1. The fourth-order valence-corrected chi connectivity index (χ4v) is 2.48. The predicted molar refractivity (Wildman–Crippen MR) is 91.0 cm³/mol. The number of aromatic amines is 1. The summed E-state index contributed by atoms with van der Waals surface area (Å²) in [4.78, 5) is 19.1. The summed E-state index contributed by atoms with van der Waals surface area (Å²) in [5.74, 6) is 0.912. The largest absolute Gasteiger partial charge is 0.493 e. The quantitative estimate of drug-likeness (QED) is 0.800. The number of hydrogen-bond acceptors (Lipinski definition) is 6. The smallest absolute Gasteiger partial charge is 0.306 e. The molecule has 7 nitrogen and oxygen atoms in total.